The van der Waals surface area contributed by atoms with Gasteiger partial charge >= 0.3 is 0 Å². The first-order valence-electron chi connectivity index (χ1n) is 8.07. The van der Waals surface area contributed by atoms with Gasteiger partial charge in [-0.3, -0.25) is 9.89 Å². The first-order chi connectivity index (χ1) is 11.2. The average molecular weight is 314 g/mol. The molecule has 1 aromatic heterocycles. The number of amides is 1. The lowest BCUT2D eigenvalue weighted by Crippen LogP contribution is -2.34. The van der Waals surface area contributed by atoms with E-state index < -0.39 is 0 Å². The number of aromatic amines is 1. The van der Waals surface area contributed by atoms with Crippen LogP contribution in [0.4, 0.5) is 10.2 Å². The van der Waals surface area contributed by atoms with E-state index in [0.29, 0.717) is 18.2 Å². The molecule has 0 radical (unpaired) electrons. The van der Waals surface area contributed by atoms with Crippen molar-refractivity contribution in [2.24, 2.45) is 5.92 Å². The SMILES string of the molecule is O=C1CC(C2CCNCC2)c2c(n[nH]c2-c2ccc(F)cc2)N1. The Morgan fingerprint density at radius 2 is 1.87 bits per heavy atom. The van der Waals surface area contributed by atoms with Crippen molar-refractivity contribution in [3.8, 4) is 11.3 Å². The van der Waals surface area contributed by atoms with Gasteiger partial charge in [0, 0.05) is 23.5 Å². The molecule has 2 aromatic rings. The van der Waals surface area contributed by atoms with Crippen LogP contribution in [0.5, 0.6) is 0 Å². The number of hydrogen-bond acceptors (Lipinski definition) is 3. The maximum absolute atomic E-state index is 13.2. The van der Waals surface area contributed by atoms with Crippen LogP contribution >= 0.6 is 0 Å². The maximum Gasteiger partial charge on any atom is 0.226 e. The summed E-state index contributed by atoms with van der Waals surface area (Å²) < 4.78 is 13.2. The first kappa shape index (κ1) is 14.4. The Hall–Kier alpha value is -2.21. The van der Waals surface area contributed by atoms with Crippen LogP contribution in [-0.4, -0.2) is 29.2 Å². The Labute approximate surface area is 133 Å². The minimum atomic E-state index is -0.259. The fourth-order valence-electron chi connectivity index (χ4n) is 3.78. The highest BCUT2D eigenvalue weighted by Gasteiger charge is 2.36. The average Bonchev–Trinajstić information content (AvgIpc) is 2.99. The van der Waals surface area contributed by atoms with Crippen LogP contribution in [0.25, 0.3) is 11.3 Å². The van der Waals surface area contributed by atoms with E-state index in [0.717, 1.165) is 42.8 Å². The third kappa shape index (κ3) is 2.63. The number of carbonyl (C=O) groups excluding carboxylic acids is 1. The summed E-state index contributed by atoms with van der Waals surface area (Å²) in [5.41, 5.74) is 2.86. The van der Waals surface area contributed by atoms with Crippen molar-refractivity contribution >= 4 is 11.7 Å². The molecule has 1 atom stereocenters. The predicted octanol–water partition coefficient (Wildman–Crippen LogP) is 2.64. The molecule has 4 rings (SSSR count). The van der Waals surface area contributed by atoms with Crippen LogP contribution in [0.1, 0.15) is 30.7 Å². The van der Waals surface area contributed by atoms with Gasteiger partial charge in [-0.05, 0) is 56.1 Å². The number of carbonyl (C=O) groups is 1. The zero-order valence-corrected chi connectivity index (χ0v) is 12.7. The number of nitrogens with one attached hydrogen (secondary N) is 3. The maximum atomic E-state index is 13.2. The molecule has 3 heterocycles. The molecule has 0 spiro atoms. The summed E-state index contributed by atoms with van der Waals surface area (Å²) in [6, 6.07) is 6.39. The summed E-state index contributed by atoms with van der Waals surface area (Å²) in [5, 5.41) is 13.6. The topological polar surface area (TPSA) is 69.8 Å². The monoisotopic (exact) mass is 314 g/mol. The predicted molar refractivity (Wildman–Crippen MR) is 85.6 cm³/mol. The van der Waals surface area contributed by atoms with Gasteiger partial charge in [-0.25, -0.2) is 4.39 Å². The third-order valence-electron chi connectivity index (χ3n) is 4.92. The molecule has 0 saturated carbocycles. The quantitative estimate of drug-likeness (QED) is 0.798. The van der Waals surface area contributed by atoms with Gasteiger partial charge < -0.3 is 10.6 Å². The molecule has 120 valence electrons. The number of nitrogens with zero attached hydrogens (tertiary/aromatic N) is 1. The van der Waals surface area contributed by atoms with Crippen LogP contribution in [0.2, 0.25) is 0 Å². The summed E-state index contributed by atoms with van der Waals surface area (Å²) >= 11 is 0. The Balaban J connectivity index is 1.76. The second-order valence-electron chi connectivity index (χ2n) is 6.31. The Kier molecular flexibility index (Phi) is 3.61. The highest BCUT2D eigenvalue weighted by atomic mass is 19.1. The van der Waals surface area contributed by atoms with Crippen molar-refractivity contribution in [1.82, 2.24) is 15.5 Å². The van der Waals surface area contributed by atoms with Gasteiger partial charge in [0.15, 0.2) is 5.82 Å². The molecule has 1 amide bonds. The molecule has 0 bridgehead atoms. The summed E-state index contributed by atoms with van der Waals surface area (Å²) in [6.45, 7) is 1.98. The van der Waals surface area contributed by atoms with Crippen LogP contribution in [0, 0.1) is 11.7 Å². The molecule has 0 aliphatic carbocycles. The fourth-order valence-corrected chi connectivity index (χ4v) is 3.78. The number of hydrogen-bond donors (Lipinski definition) is 3. The molecular formula is C17H19FN4O. The molecule has 23 heavy (non-hydrogen) atoms. The van der Waals surface area contributed by atoms with Crippen molar-refractivity contribution in [3.05, 3.63) is 35.6 Å². The summed E-state index contributed by atoms with van der Waals surface area (Å²) in [6.07, 6.45) is 2.61. The van der Waals surface area contributed by atoms with Gasteiger partial charge in [-0.1, -0.05) is 0 Å². The number of piperidine rings is 1. The minimum Gasteiger partial charge on any atom is -0.317 e. The highest BCUT2D eigenvalue weighted by Crippen LogP contribution is 2.44. The van der Waals surface area contributed by atoms with Crippen LogP contribution in [0.15, 0.2) is 24.3 Å². The van der Waals surface area contributed by atoms with E-state index in [1.807, 2.05) is 0 Å². The van der Waals surface area contributed by atoms with Crippen molar-refractivity contribution in [1.29, 1.82) is 0 Å². The van der Waals surface area contributed by atoms with Crippen LogP contribution < -0.4 is 10.6 Å². The molecule has 3 N–H and O–H groups in total. The van der Waals surface area contributed by atoms with Crippen molar-refractivity contribution in [3.63, 3.8) is 0 Å². The first-order valence-corrected chi connectivity index (χ1v) is 8.07. The Bertz CT molecular complexity index is 719. The number of rotatable bonds is 2. The van der Waals surface area contributed by atoms with Gasteiger partial charge in [0.05, 0.1) is 5.69 Å². The number of anilines is 1. The standard InChI is InChI=1S/C17H19FN4O/c18-12-3-1-11(2-4-12)16-15-13(10-5-7-19-8-6-10)9-14(23)20-17(15)22-21-16/h1-4,10,13,19H,5-9H2,(H2,20,21,22,23). The Morgan fingerprint density at radius 1 is 1.13 bits per heavy atom. The summed E-state index contributed by atoms with van der Waals surface area (Å²) in [5.74, 6) is 1.03. The van der Waals surface area contributed by atoms with Crippen molar-refractivity contribution in [2.45, 2.75) is 25.2 Å². The van der Waals surface area contributed by atoms with E-state index in [4.69, 9.17) is 0 Å². The lowest BCUT2D eigenvalue weighted by molar-refractivity contribution is -0.117. The Morgan fingerprint density at radius 3 is 2.61 bits per heavy atom. The number of benzene rings is 1. The molecule has 5 nitrogen and oxygen atoms in total. The zero-order chi connectivity index (χ0) is 15.8. The number of fused-ring (bicyclic) bond motifs is 1. The normalized spacial score (nSPS) is 21.8. The van der Waals surface area contributed by atoms with E-state index in [1.165, 1.54) is 12.1 Å². The van der Waals surface area contributed by atoms with E-state index in [2.05, 4.69) is 20.8 Å². The number of H-pyrrole nitrogens is 1. The minimum absolute atomic E-state index is 0.0261. The molecule has 1 fully saturated rings. The second-order valence-corrected chi connectivity index (χ2v) is 6.31. The zero-order valence-electron chi connectivity index (χ0n) is 12.7. The number of halogens is 1. The highest BCUT2D eigenvalue weighted by molar-refractivity contribution is 5.95. The van der Waals surface area contributed by atoms with Gasteiger partial charge in [-0.15, -0.1) is 0 Å². The van der Waals surface area contributed by atoms with Gasteiger partial charge in [-0.2, -0.15) is 5.10 Å². The van der Waals surface area contributed by atoms with E-state index >= 15 is 0 Å². The van der Waals surface area contributed by atoms with Gasteiger partial charge in [0.1, 0.15) is 5.82 Å². The lowest BCUT2D eigenvalue weighted by Gasteiger charge is -2.33. The van der Waals surface area contributed by atoms with Crippen molar-refractivity contribution in [2.75, 3.05) is 18.4 Å². The van der Waals surface area contributed by atoms with Crippen LogP contribution in [-0.2, 0) is 4.79 Å². The molecule has 2 aliphatic rings. The molecular weight excluding hydrogens is 295 g/mol. The van der Waals surface area contributed by atoms with Crippen molar-refractivity contribution < 1.29 is 9.18 Å². The molecule has 6 heteroatoms. The molecule has 1 unspecified atom stereocenters. The smallest absolute Gasteiger partial charge is 0.226 e. The van der Waals surface area contributed by atoms with Gasteiger partial charge in [0.25, 0.3) is 0 Å². The lowest BCUT2D eigenvalue weighted by atomic mass is 9.76. The van der Waals surface area contributed by atoms with E-state index in [1.54, 1.807) is 12.1 Å². The van der Waals surface area contributed by atoms with E-state index in [9.17, 15) is 9.18 Å². The van der Waals surface area contributed by atoms with E-state index in [-0.39, 0.29) is 17.6 Å². The fraction of sp³-hybridized carbons (Fsp3) is 0.412. The summed E-state index contributed by atoms with van der Waals surface area (Å²) in [7, 11) is 0. The largest absolute Gasteiger partial charge is 0.317 e. The number of aromatic nitrogens is 2. The van der Waals surface area contributed by atoms with Crippen LogP contribution in [0.3, 0.4) is 0 Å². The molecule has 2 aliphatic heterocycles. The van der Waals surface area contributed by atoms with Gasteiger partial charge in [0.2, 0.25) is 5.91 Å². The molecule has 1 aromatic carbocycles. The third-order valence-corrected chi connectivity index (χ3v) is 4.92. The summed E-state index contributed by atoms with van der Waals surface area (Å²) in [4.78, 5) is 12.0. The second kappa shape index (κ2) is 5.77. The molecule has 1 saturated heterocycles.